The van der Waals surface area contributed by atoms with Crippen LogP contribution in [0.1, 0.15) is 0 Å². The van der Waals surface area contributed by atoms with Crippen LogP contribution in [0.5, 0.6) is 11.9 Å². The highest BCUT2D eigenvalue weighted by Crippen LogP contribution is 2.35. The molecule has 0 amide bonds. The number of thioether (sulfide) groups is 1. The normalized spacial score (nSPS) is 10.1. The summed E-state index contributed by atoms with van der Waals surface area (Å²) >= 11 is 1.52. The van der Waals surface area contributed by atoms with Gasteiger partial charge in [-0.2, -0.15) is 9.97 Å². The average Bonchev–Trinajstić information content (AvgIpc) is 2.47. The number of benzene rings is 1. The predicted molar refractivity (Wildman–Crippen MR) is 76.6 cm³/mol. The Balaban J connectivity index is 2.42. The largest absolute Gasteiger partial charge is 0.480 e. The van der Waals surface area contributed by atoms with Crippen LogP contribution in [0.4, 0.5) is 11.5 Å². The van der Waals surface area contributed by atoms with E-state index >= 15 is 0 Å². The van der Waals surface area contributed by atoms with Gasteiger partial charge in [0.15, 0.2) is 5.82 Å². The minimum absolute atomic E-state index is 0.271. The molecule has 1 aromatic carbocycles. The predicted octanol–water partition coefficient (Wildman–Crippen LogP) is 2.96. The van der Waals surface area contributed by atoms with Crippen molar-refractivity contribution in [1.29, 1.82) is 0 Å². The molecule has 5 nitrogen and oxygen atoms in total. The van der Waals surface area contributed by atoms with Gasteiger partial charge in [0.2, 0.25) is 5.88 Å². The van der Waals surface area contributed by atoms with E-state index < -0.39 is 0 Å². The second-order valence-electron chi connectivity index (χ2n) is 3.59. The van der Waals surface area contributed by atoms with Crippen LogP contribution in [0.25, 0.3) is 0 Å². The van der Waals surface area contributed by atoms with Crippen molar-refractivity contribution in [3.63, 3.8) is 0 Å². The first-order chi connectivity index (χ1) is 9.28. The van der Waals surface area contributed by atoms with E-state index in [1.165, 1.54) is 18.9 Å². The molecule has 0 aliphatic heterocycles. The van der Waals surface area contributed by atoms with Gasteiger partial charge in [0, 0.05) is 5.69 Å². The van der Waals surface area contributed by atoms with E-state index in [2.05, 4.69) is 15.3 Å². The SMILES string of the molecule is COc1nc(Nc2ccccc2)c(SC)c(OC)n1. The Kier molecular flexibility index (Phi) is 4.46. The number of anilines is 2. The second kappa shape index (κ2) is 6.29. The van der Waals surface area contributed by atoms with Crippen molar-refractivity contribution < 1.29 is 9.47 Å². The molecule has 0 fully saturated rings. The quantitative estimate of drug-likeness (QED) is 0.848. The fraction of sp³-hybridized carbons (Fsp3) is 0.231. The van der Waals surface area contributed by atoms with Crippen molar-refractivity contribution in [2.75, 3.05) is 25.8 Å². The minimum Gasteiger partial charge on any atom is -0.480 e. The number of methoxy groups -OCH3 is 2. The number of aromatic nitrogens is 2. The fourth-order valence-corrected chi connectivity index (χ4v) is 2.16. The summed E-state index contributed by atoms with van der Waals surface area (Å²) < 4.78 is 10.3. The molecule has 0 aliphatic rings. The van der Waals surface area contributed by atoms with E-state index in [1.54, 1.807) is 7.11 Å². The van der Waals surface area contributed by atoms with Crippen molar-refractivity contribution in [2.45, 2.75) is 4.90 Å². The van der Waals surface area contributed by atoms with Gasteiger partial charge in [0.25, 0.3) is 0 Å². The minimum atomic E-state index is 0.271. The van der Waals surface area contributed by atoms with Crippen LogP contribution in [0.2, 0.25) is 0 Å². The van der Waals surface area contributed by atoms with E-state index in [9.17, 15) is 0 Å². The Morgan fingerprint density at radius 1 is 1.05 bits per heavy atom. The van der Waals surface area contributed by atoms with Gasteiger partial charge in [-0.25, -0.2) is 0 Å². The zero-order valence-corrected chi connectivity index (χ0v) is 11.8. The van der Waals surface area contributed by atoms with Crippen molar-refractivity contribution in [1.82, 2.24) is 9.97 Å². The number of nitrogens with one attached hydrogen (secondary N) is 1. The highest BCUT2D eigenvalue weighted by Gasteiger charge is 2.15. The zero-order chi connectivity index (χ0) is 13.7. The Hall–Kier alpha value is -1.95. The van der Waals surface area contributed by atoms with Gasteiger partial charge in [0.1, 0.15) is 4.90 Å². The van der Waals surface area contributed by atoms with Crippen molar-refractivity contribution in [3.8, 4) is 11.9 Å². The third-order valence-electron chi connectivity index (χ3n) is 2.43. The molecule has 1 N–H and O–H groups in total. The summed E-state index contributed by atoms with van der Waals surface area (Å²) in [5.41, 5.74) is 0.945. The van der Waals surface area contributed by atoms with Crippen LogP contribution in [-0.4, -0.2) is 30.4 Å². The maximum Gasteiger partial charge on any atom is 0.321 e. The molecule has 1 aromatic heterocycles. The molecule has 2 rings (SSSR count). The molecule has 0 atom stereocenters. The lowest BCUT2D eigenvalue weighted by Gasteiger charge is -2.13. The topological polar surface area (TPSA) is 56.3 Å². The molecule has 0 saturated heterocycles. The summed E-state index contributed by atoms with van der Waals surface area (Å²) in [6.45, 7) is 0. The third-order valence-corrected chi connectivity index (χ3v) is 3.21. The standard InChI is InChI=1S/C13H15N3O2S/c1-17-12-10(19-3)11(15-13(16-12)18-2)14-9-7-5-4-6-8-9/h4-8H,1-3H3,(H,14,15,16). The molecule has 100 valence electrons. The lowest BCUT2D eigenvalue weighted by atomic mass is 10.3. The van der Waals surface area contributed by atoms with Gasteiger partial charge in [0.05, 0.1) is 14.2 Å². The summed E-state index contributed by atoms with van der Waals surface area (Å²) in [5.74, 6) is 1.17. The van der Waals surface area contributed by atoms with E-state index in [0.717, 1.165) is 10.6 Å². The van der Waals surface area contributed by atoms with E-state index in [1.807, 2.05) is 36.6 Å². The molecule has 0 radical (unpaired) electrons. The summed E-state index contributed by atoms with van der Waals surface area (Å²) in [7, 11) is 3.10. The maximum absolute atomic E-state index is 5.27. The molecule has 0 saturated carbocycles. The zero-order valence-electron chi connectivity index (χ0n) is 11.0. The lowest BCUT2D eigenvalue weighted by Crippen LogP contribution is -2.03. The van der Waals surface area contributed by atoms with Gasteiger partial charge in [-0.05, 0) is 18.4 Å². The first-order valence-corrected chi connectivity index (χ1v) is 6.87. The van der Waals surface area contributed by atoms with E-state index in [-0.39, 0.29) is 6.01 Å². The Morgan fingerprint density at radius 2 is 1.79 bits per heavy atom. The number of rotatable bonds is 5. The second-order valence-corrected chi connectivity index (χ2v) is 4.41. The highest BCUT2D eigenvalue weighted by atomic mass is 32.2. The lowest BCUT2D eigenvalue weighted by molar-refractivity contribution is 0.346. The Morgan fingerprint density at radius 3 is 2.37 bits per heavy atom. The summed E-state index contributed by atoms with van der Waals surface area (Å²) in [4.78, 5) is 9.33. The van der Waals surface area contributed by atoms with Crippen LogP contribution < -0.4 is 14.8 Å². The number of hydrogen-bond donors (Lipinski definition) is 1. The Bertz CT molecular complexity index is 549. The van der Waals surface area contributed by atoms with Gasteiger partial charge >= 0.3 is 6.01 Å². The van der Waals surface area contributed by atoms with E-state index in [0.29, 0.717) is 11.7 Å². The van der Waals surface area contributed by atoms with Crippen molar-refractivity contribution in [3.05, 3.63) is 30.3 Å². The molecular formula is C13H15N3O2S. The first kappa shape index (κ1) is 13.5. The summed E-state index contributed by atoms with van der Waals surface area (Å²) in [6, 6.07) is 10.1. The first-order valence-electron chi connectivity index (χ1n) is 5.64. The smallest absolute Gasteiger partial charge is 0.321 e. The van der Waals surface area contributed by atoms with Crippen molar-refractivity contribution in [2.24, 2.45) is 0 Å². The number of ether oxygens (including phenoxy) is 2. The molecule has 0 bridgehead atoms. The van der Waals surface area contributed by atoms with Crippen LogP contribution in [-0.2, 0) is 0 Å². The highest BCUT2D eigenvalue weighted by molar-refractivity contribution is 7.98. The number of para-hydroxylation sites is 1. The molecular weight excluding hydrogens is 262 g/mol. The van der Waals surface area contributed by atoms with Crippen molar-refractivity contribution >= 4 is 23.3 Å². The molecule has 0 aliphatic carbocycles. The fourth-order valence-electron chi connectivity index (χ4n) is 1.57. The molecule has 6 heteroatoms. The molecule has 19 heavy (non-hydrogen) atoms. The van der Waals surface area contributed by atoms with Gasteiger partial charge in [-0.3, -0.25) is 0 Å². The number of nitrogens with zero attached hydrogens (tertiary/aromatic N) is 2. The van der Waals surface area contributed by atoms with Gasteiger partial charge < -0.3 is 14.8 Å². The molecule has 0 unspecified atom stereocenters. The number of hydrogen-bond acceptors (Lipinski definition) is 6. The summed E-state index contributed by atoms with van der Waals surface area (Å²) in [5, 5.41) is 3.24. The third kappa shape index (κ3) is 3.08. The van der Waals surface area contributed by atoms with Crippen LogP contribution in [0, 0.1) is 0 Å². The molecule has 2 aromatic rings. The summed E-state index contributed by atoms with van der Waals surface area (Å²) in [6.07, 6.45) is 1.95. The average molecular weight is 277 g/mol. The molecule has 1 heterocycles. The van der Waals surface area contributed by atoms with Gasteiger partial charge in [-0.1, -0.05) is 18.2 Å². The Labute approximate surface area is 116 Å². The van der Waals surface area contributed by atoms with Crippen LogP contribution in [0.3, 0.4) is 0 Å². The monoisotopic (exact) mass is 277 g/mol. The van der Waals surface area contributed by atoms with E-state index in [4.69, 9.17) is 9.47 Å². The van der Waals surface area contributed by atoms with Gasteiger partial charge in [-0.15, -0.1) is 11.8 Å². The maximum atomic E-state index is 5.27. The van der Waals surface area contributed by atoms with Crippen LogP contribution in [0.15, 0.2) is 35.2 Å². The van der Waals surface area contributed by atoms with Crippen LogP contribution >= 0.6 is 11.8 Å². The molecule has 0 spiro atoms.